The number of anilines is 1. The molecule has 3 nitrogen and oxygen atoms in total. The van der Waals surface area contributed by atoms with E-state index in [1.807, 2.05) is 12.1 Å². The van der Waals surface area contributed by atoms with E-state index in [-0.39, 0.29) is 5.92 Å². The highest BCUT2D eigenvalue weighted by Crippen LogP contribution is 2.26. The summed E-state index contributed by atoms with van der Waals surface area (Å²) in [6, 6.07) is 20.8. The van der Waals surface area contributed by atoms with Gasteiger partial charge in [0.15, 0.2) is 0 Å². The van der Waals surface area contributed by atoms with Gasteiger partial charge in [-0.2, -0.15) is 0 Å². The SMILES string of the molecule is Clc1cncnc1NCC(c1ccccc1)c1ccccc1. The van der Waals surface area contributed by atoms with Gasteiger partial charge in [0, 0.05) is 12.5 Å². The highest BCUT2D eigenvalue weighted by atomic mass is 35.5. The molecule has 3 aromatic rings. The molecular weight excluding hydrogens is 294 g/mol. The van der Waals surface area contributed by atoms with Gasteiger partial charge in [-0.15, -0.1) is 0 Å². The first kappa shape index (κ1) is 14.5. The minimum absolute atomic E-state index is 0.230. The molecule has 0 atom stereocenters. The Balaban J connectivity index is 1.85. The van der Waals surface area contributed by atoms with Crippen LogP contribution in [0.5, 0.6) is 0 Å². The van der Waals surface area contributed by atoms with Gasteiger partial charge in [-0.3, -0.25) is 0 Å². The minimum atomic E-state index is 0.230. The van der Waals surface area contributed by atoms with Gasteiger partial charge in [0.2, 0.25) is 0 Å². The van der Waals surface area contributed by atoms with E-state index in [4.69, 9.17) is 11.6 Å². The maximum absolute atomic E-state index is 6.11. The van der Waals surface area contributed by atoms with Gasteiger partial charge in [-0.25, -0.2) is 9.97 Å². The summed E-state index contributed by atoms with van der Waals surface area (Å²) in [6.07, 6.45) is 3.09. The van der Waals surface area contributed by atoms with Crippen molar-refractivity contribution < 1.29 is 0 Å². The third-order valence-electron chi connectivity index (χ3n) is 3.55. The largest absolute Gasteiger partial charge is 0.368 e. The number of aromatic nitrogens is 2. The third kappa shape index (κ3) is 3.43. The quantitative estimate of drug-likeness (QED) is 0.760. The average molecular weight is 310 g/mol. The molecule has 4 heteroatoms. The molecule has 0 aliphatic heterocycles. The molecule has 0 fully saturated rings. The first-order valence-electron chi connectivity index (χ1n) is 7.14. The van der Waals surface area contributed by atoms with Crippen molar-refractivity contribution in [3.8, 4) is 0 Å². The summed E-state index contributed by atoms with van der Waals surface area (Å²) in [4.78, 5) is 8.09. The molecule has 110 valence electrons. The summed E-state index contributed by atoms with van der Waals surface area (Å²) in [7, 11) is 0. The molecule has 0 aliphatic carbocycles. The van der Waals surface area contributed by atoms with E-state index in [9.17, 15) is 0 Å². The lowest BCUT2D eigenvalue weighted by molar-refractivity contribution is 0.847. The predicted octanol–water partition coefficient (Wildman–Crippen LogP) is 4.37. The van der Waals surface area contributed by atoms with Crippen molar-refractivity contribution >= 4 is 17.4 Å². The van der Waals surface area contributed by atoms with E-state index in [2.05, 4.69) is 63.8 Å². The van der Waals surface area contributed by atoms with E-state index in [1.165, 1.54) is 17.5 Å². The molecule has 0 saturated carbocycles. The maximum Gasteiger partial charge on any atom is 0.148 e. The molecule has 0 saturated heterocycles. The van der Waals surface area contributed by atoms with Crippen molar-refractivity contribution in [2.24, 2.45) is 0 Å². The Bertz CT molecular complexity index is 677. The third-order valence-corrected chi connectivity index (χ3v) is 3.82. The average Bonchev–Trinajstić information content (AvgIpc) is 2.59. The Morgan fingerprint density at radius 2 is 1.50 bits per heavy atom. The van der Waals surface area contributed by atoms with Crippen LogP contribution >= 0.6 is 11.6 Å². The van der Waals surface area contributed by atoms with Crippen LogP contribution in [0, 0.1) is 0 Å². The Morgan fingerprint density at radius 1 is 0.909 bits per heavy atom. The fourth-order valence-electron chi connectivity index (χ4n) is 2.44. The normalized spacial score (nSPS) is 10.6. The summed E-state index contributed by atoms with van der Waals surface area (Å²) < 4.78 is 0. The zero-order chi connectivity index (χ0) is 15.2. The highest BCUT2D eigenvalue weighted by molar-refractivity contribution is 6.32. The first-order chi connectivity index (χ1) is 10.8. The summed E-state index contributed by atoms with van der Waals surface area (Å²) in [5.41, 5.74) is 2.51. The van der Waals surface area contributed by atoms with Gasteiger partial charge in [0.05, 0.1) is 6.20 Å². The van der Waals surface area contributed by atoms with Gasteiger partial charge in [0.1, 0.15) is 17.2 Å². The maximum atomic E-state index is 6.11. The fraction of sp³-hybridized carbons (Fsp3) is 0.111. The van der Waals surface area contributed by atoms with Gasteiger partial charge in [-0.1, -0.05) is 72.3 Å². The van der Waals surface area contributed by atoms with Crippen LogP contribution in [-0.4, -0.2) is 16.5 Å². The first-order valence-corrected chi connectivity index (χ1v) is 7.51. The standard InChI is InChI=1S/C18H16ClN3/c19-17-12-20-13-22-18(17)21-11-16(14-7-3-1-4-8-14)15-9-5-2-6-10-15/h1-10,12-13,16H,11H2,(H,20,21,22). The topological polar surface area (TPSA) is 37.8 Å². The number of hydrogen-bond acceptors (Lipinski definition) is 3. The zero-order valence-corrected chi connectivity index (χ0v) is 12.7. The van der Waals surface area contributed by atoms with Crippen molar-refractivity contribution in [2.75, 3.05) is 11.9 Å². The molecule has 0 amide bonds. The molecule has 0 unspecified atom stereocenters. The minimum Gasteiger partial charge on any atom is -0.368 e. The van der Waals surface area contributed by atoms with Crippen LogP contribution in [0.15, 0.2) is 73.2 Å². The molecule has 22 heavy (non-hydrogen) atoms. The molecule has 1 aromatic heterocycles. The van der Waals surface area contributed by atoms with Crippen molar-refractivity contribution in [1.82, 2.24) is 9.97 Å². The number of hydrogen-bond donors (Lipinski definition) is 1. The van der Waals surface area contributed by atoms with Crippen LogP contribution in [0.4, 0.5) is 5.82 Å². The Hall–Kier alpha value is -2.39. The Kier molecular flexibility index (Phi) is 4.66. The monoisotopic (exact) mass is 309 g/mol. The zero-order valence-electron chi connectivity index (χ0n) is 12.0. The number of halogens is 1. The number of rotatable bonds is 5. The Labute approximate surface area is 135 Å². The molecule has 1 N–H and O–H groups in total. The Morgan fingerprint density at radius 3 is 2.05 bits per heavy atom. The molecule has 1 heterocycles. The second-order valence-electron chi connectivity index (χ2n) is 4.97. The van der Waals surface area contributed by atoms with E-state index in [1.54, 1.807) is 6.20 Å². The van der Waals surface area contributed by atoms with Crippen LogP contribution in [0.25, 0.3) is 0 Å². The van der Waals surface area contributed by atoms with Crippen molar-refractivity contribution in [1.29, 1.82) is 0 Å². The molecule has 3 rings (SSSR count). The lowest BCUT2D eigenvalue weighted by Gasteiger charge is -2.19. The summed E-state index contributed by atoms with van der Waals surface area (Å²) in [6.45, 7) is 0.713. The smallest absolute Gasteiger partial charge is 0.148 e. The highest BCUT2D eigenvalue weighted by Gasteiger charge is 2.14. The number of nitrogens with one attached hydrogen (secondary N) is 1. The van der Waals surface area contributed by atoms with Crippen LogP contribution in [0.1, 0.15) is 17.0 Å². The van der Waals surface area contributed by atoms with E-state index >= 15 is 0 Å². The van der Waals surface area contributed by atoms with E-state index in [0.29, 0.717) is 17.4 Å². The number of benzene rings is 2. The summed E-state index contributed by atoms with van der Waals surface area (Å²) in [5, 5.41) is 3.86. The molecule has 0 spiro atoms. The second-order valence-corrected chi connectivity index (χ2v) is 5.38. The van der Waals surface area contributed by atoms with Gasteiger partial charge < -0.3 is 5.32 Å². The lowest BCUT2D eigenvalue weighted by atomic mass is 9.91. The number of nitrogens with zero attached hydrogens (tertiary/aromatic N) is 2. The summed E-state index contributed by atoms with van der Waals surface area (Å²) in [5.74, 6) is 0.891. The molecule has 0 bridgehead atoms. The second kappa shape index (κ2) is 7.05. The van der Waals surface area contributed by atoms with E-state index < -0.39 is 0 Å². The van der Waals surface area contributed by atoms with Gasteiger partial charge >= 0.3 is 0 Å². The van der Waals surface area contributed by atoms with Crippen molar-refractivity contribution in [3.63, 3.8) is 0 Å². The lowest BCUT2D eigenvalue weighted by Crippen LogP contribution is -2.15. The summed E-state index contributed by atoms with van der Waals surface area (Å²) >= 11 is 6.11. The van der Waals surface area contributed by atoms with Crippen molar-refractivity contribution in [2.45, 2.75) is 5.92 Å². The molecule has 0 aliphatic rings. The van der Waals surface area contributed by atoms with Crippen LogP contribution in [0.2, 0.25) is 5.02 Å². The molecule has 2 aromatic carbocycles. The van der Waals surface area contributed by atoms with Gasteiger partial charge in [-0.05, 0) is 11.1 Å². The predicted molar refractivity (Wildman–Crippen MR) is 90.3 cm³/mol. The molecule has 0 radical (unpaired) electrons. The van der Waals surface area contributed by atoms with Crippen LogP contribution in [0.3, 0.4) is 0 Å². The fourth-order valence-corrected chi connectivity index (χ4v) is 2.61. The van der Waals surface area contributed by atoms with Gasteiger partial charge in [0.25, 0.3) is 0 Å². The van der Waals surface area contributed by atoms with Crippen molar-refractivity contribution in [3.05, 3.63) is 89.3 Å². The molecular formula is C18H16ClN3. The van der Waals surface area contributed by atoms with Crippen LogP contribution < -0.4 is 5.32 Å². The van der Waals surface area contributed by atoms with E-state index in [0.717, 1.165) is 0 Å². The van der Waals surface area contributed by atoms with Crippen LogP contribution in [-0.2, 0) is 0 Å².